The Kier molecular flexibility index (Phi) is 6.26. The van der Waals surface area contributed by atoms with Crippen LogP contribution >= 0.6 is 0 Å². The molecule has 3 rings (SSSR count). The molecule has 0 spiro atoms. The summed E-state index contributed by atoms with van der Waals surface area (Å²) in [6.07, 6.45) is 0.464. The smallest absolute Gasteiger partial charge is 0.242 e. The summed E-state index contributed by atoms with van der Waals surface area (Å²) in [5, 5.41) is 6.00. The molecule has 0 saturated heterocycles. The number of aromatic nitrogens is 1. The van der Waals surface area contributed by atoms with Gasteiger partial charge in [-0.15, -0.1) is 0 Å². The highest BCUT2D eigenvalue weighted by Gasteiger charge is 2.18. The molecule has 2 amide bonds. The Balaban J connectivity index is 1.84. The van der Waals surface area contributed by atoms with Gasteiger partial charge in [0.15, 0.2) is 0 Å². The predicted octanol–water partition coefficient (Wildman–Crippen LogP) is 3.69. The van der Waals surface area contributed by atoms with Gasteiger partial charge in [-0.1, -0.05) is 0 Å². The van der Waals surface area contributed by atoms with Gasteiger partial charge in [-0.25, -0.2) is 8.78 Å². The highest BCUT2D eigenvalue weighted by Crippen LogP contribution is 2.32. The SMILES string of the molecule is CCNC(=O)[C@H](C)NC(=O)CCc1c(-c2ccc(F)cc2)[nH]c2ccc(F)cc12. The molecule has 3 aromatic rings. The minimum absolute atomic E-state index is 0.126. The van der Waals surface area contributed by atoms with E-state index in [1.807, 2.05) is 0 Å². The van der Waals surface area contributed by atoms with E-state index in [2.05, 4.69) is 15.6 Å². The van der Waals surface area contributed by atoms with Gasteiger partial charge in [-0.3, -0.25) is 9.59 Å². The summed E-state index contributed by atoms with van der Waals surface area (Å²) in [7, 11) is 0. The second-order valence-corrected chi connectivity index (χ2v) is 6.86. The van der Waals surface area contributed by atoms with Gasteiger partial charge in [0.2, 0.25) is 11.8 Å². The van der Waals surface area contributed by atoms with E-state index in [1.54, 1.807) is 32.0 Å². The molecule has 0 unspecified atom stereocenters. The maximum Gasteiger partial charge on any atom is 0.242 e. The van der Waals surface area contributed by atoms with Crippen LogP contribution in [0.4, 0.5) is 8.78 Å². The highest BCUT2D eigenvalue weighted by molar-refractivity contribution is 5.92. The van der Waals surface area contributed by atoms with Gasteiger partial charge in [-0.05, 0) is 73.9 Å². The molecule has 5 nitrogen and oxygen atoms in total. The van der Waals surface area contributed by atoms with Crippen molar-refractivity contribution >= 4 is 22.7 Å². The molecular formula is C22H23F2N3O2. The average Bonchev–Trinajstić information content (AvgIpc) is 3.04. The lowest BCUT2D eigenvalue weighted by molar-refractivity contribution is -0.128. The van der Waals surface area contributed by atoms with Crippen LogP contribution in [0.1, 0.15) is 25.8 Å². The number of halogens is 2. The third-order valence-electron chi connectivity index (χ3n) is 4.72. The molecule has 0 fully saturated rings. The van der Waals surface area contributed by atoms with Crippen LogP contribution in [0, 0.1) is 11.6 Å². The maximum atomic E-state index is 13.8. The molecule has 0 aliphatic heterocycles. The van der Waals surface area contributed by atoms with Crippen molar-refractivity contribution in [2.45, 2.75) is 32.7 Å². The first kappa shape index (κ1) is 20.5. The monoisotopic (exact) mass is 399 g/mol. The van der Waals surface area contributed by atoms with Crippen molar-refractivity contribution in [1.29, 1.82) is 0 Å². The fourth-order valence-corrected chi connectivity index (χ4v) is 3.29. The fourth-order valence-electron chi connectivity index (χ4n) is 3.29. The zero-order valence-corrected chi connectivity index (χ0v) is 16.3. The van der Waals surface area contributed by atoms with Gasteiger partial charge >= 0.3 is 0 Å². The number of nitrogens with one attached hydrogen (secondary N) is 3. The summed E-state index contributed by atoms with van der Waals surface area (Å²) in [5.41, 5.74) is 2.97. The number of hydrogen-bond donors (Lipinski definition) is 3. The highest BCUT2D eigenvalue weighted by atomic mass is 19.1. The Morgan fingerprint density at radius 3 is 2.45 bits per heavy atom. The number of benzene rings is 2. The summed E-state index contributed by atoms with van der Waals surface area (Å²) in [4.78, 5) is 27.4. The van der Waals surface area contributed by atoms with Crippen molar-refractivity contribution in [3.8, 4) is 11.3 Å². The second-order valence-electron chi connectivity index (χ2n) is 6.86. The molecule has 152 valence electrons. The summed E-state index contributed by atoms with van der Waals surface area (Å²) >= 11 is 0. The fraction of sp³-hybridized carbons (Fsp3) is 0.273. The zero-order chi connectivity index (χ0) is 21.0. The number of likely N-dealkylation sites (N-methyl/N-ethyl adjacent to an activating group) is 1. The van der Waals surface area contributed by atoms with Crippen LogP contribution in [0.3, 0.4) is 0 Å². The molecule has 0 radical (unpaired) electrons. The number of carbonyl (C=O) groups excluding carboxylic acids is 2. The van der Waals surface area contributed by atoms with Crippen LogP contribution in [0.15, 0.2) is 42.5 Å². The van der Waals surface area contributed by atoms with Gasteiger partial charge in [0.05, 0.1) is 0 Å². The van der Waals surface area contributed by atoms with Crippen molar-refractivity contribution in [2.24, 2.45) is 0 Å². The number of amides is 2. The van der Waals surface area contributed by atoms with Crippen LogP contribution in [-0.4, -0.2) is 29.4 Å². The largest absolute Gasteiger partial charge is 0.355 e. The molecule has 1 atom stereocenters. The average molecular weight is 399 g/mol. The molecule has 29 heavy (non-hydrogen) atoms. The Bertz CT molecular complexity index is 1030. The number of rotatable bonds is 7. The zero-order valence-electron chi connectivity index (χ0n) is 16.3. The van der Waals surface area contributed by atoms with Crippen molar-refractivity contribution in [1.82, 2.24) is 15.6 Å². The first-order valence-corrected chi connectivity index (χ1v) is 9.52. The van der Waals surface area contributed by atoms with Gasteiger partial charge in [0, 0.05) is 29.6 Å². The van der Waals surface area contributed by atoms with Crippen LogP contribution in [0.25, 0.3) is 22.2 Å². The maximum absolute atomic E-state index is 13.8. The van der Waals surface area contributed by atoms with Crippen LogP contribution in [0.5, 0.6) is 0 Å². The van der Waals surface area contributed by atoms with Gasteiger partial charge in [-0.2, -0.15) is 0 Å². The number of aryl methyl sites for hydroxylation is 1. The molecule has 3 N–H and O–H groups in total. The lowest BCUT2D eigenvalue weighted by Gasteiger charge is -2.13. The van der Waals surface area contributed by atoms with E-state index in [-0.39, 0.29) is 29.9 Å². The summed E-state index contributed by atoms with van der Waals surface area (Å²) < 4.78 is 27.1. The van der Waals surface area contributed by atoms with Crippen molar-refractivity contribution in [3.63, 3.8) is 0 Å². The topological polar surface area (TPSA) is 74.0 Å². The van der Waals surface area contributed by atoms with Crippen molar-refractivity contribution < 1.29 is 18.4 Å². The Hall–Kier alpha value is -3.22. The second kappa shape index (κ2) is 8.86. The molecule has 1 heterocycles. The van der Waals surface area contributed by atoms with Crippen LogP contribution in [0.2, 0.25) is 0 Å². The lowest BCUT2D eigenvalue weighted by Crippen LogP contribution is -2.44. The number of fused-ring (bicyclic) bond motifs is 1. The van der Waals surface area contributed by atoms with Crippen LogP contribution < -0.4 is 10.6 Å². The standard InChI is InChI=1S/C22H23F2N3O2/c1-3-25-22(29)13(2)26-20(28)11-9-17-18-12-16(24)8-10-19(18)27-21(17)14-4-6-15(23)7-5-14/h4-8,10,12-13,27H,3,9,11H2,1-2H3,(H,25,29)(H,26,28)/t13-/m0/s1. The van der Waals surface area contributed by atoms with E-state index in [1.165, 1.54) is 24.3 Å². The number of H-pyrrole nitrogens is 1. The lowest BCUT2D eigenvalue weighted by atomic mass is 10.0. The Labute approximate surface area is 167 Å². The van der Waals surface area contributed by atoms with E-state index >= 15 is 0 Å². The third kappa shape index (κ3) is 4.80. The summed E-state index contributed by atoms with van der Waals surface area (Å²) in [6, 6.07) is 9.76. The first-order chi connectivity index (χ1) is 13.9. The summed E-state index contributed by atoms with van der Waals surface area (Å²) in [5.74, 6) is -1.25. The molecular weight excluding hydrogens is 376 g/mol. The quantitative estimate of drug-likeness (QED) is 0.567. The molecule has 2 aromatic carbocycles. The molecule has 0 aliphatic carbocycles. The van der Waals surface area contributed by atoms with Crippen molar-refractivity contribution in [2.75, 3.05) is 6.54 Å². The third-order valence-corrected chi connectivity index (χ3v) is 4.72. The number of aromatic amines is 1. The summed E-state index contributed by atoms with van der Waals surface area (Å²) in [6.45, 7) is 3.91. The Morgan fingerprint density at radius 2 is 1.76 bits per heavy atom. The molecule has 0 aliphatic rings. The van der Waals surface area contributed by atoms with Gasteiger partial charge in [0.1, 0.15) is 17.7 Å². The predicted molar refractivity (Wildman–Crippen MR) is 108 cm³/mol. The van der Waals surface area contributed by atoms with E-state index in [9.17, 15) is 18.4 Å². The normalized spacial score (nSPS) is 12.0. The Morgan fingerprint density at radius 1 is 1.07 bits per heavy atom. The van der Waals surface area contributed by atoms with E-state index in [4.69, 9.17) is 0 Å². The molecule has 1 aromatic heterocycles. The van der Waals surface area contributed by atoms with E-state index in [0.29, 0.717) is 18.4 Å². The van der Waals surface area contributed by atoms with Crippen LogP contribution in [-0.2, 0) is 16.0 Å². The molecule has 0 saturated carbocycles. The van der Waals surface area contributed by atoms with Crippen molar-refractivity contribution in [3.05, 3.63) is 59.7 Å². The number of carbonyl (C=O) groups is 2. The minimum Gasteiger partial charge on any atom is -0.355 e. The minimum atomic E-state index is -0.639. The molecule has 0 bridgehead atoms. The van der Waals surface area contributed by atoms with E-state index < -0.39 is 6.04 Å². The first-order valence-electron chi connectivity index (χ1n) is 9.52. The molecule has 7 heteroatoms. The van der Waals surface area contributed by atoms with Gasteiger partial charge < -0.3 is 15.6 Å². The number of hydrogen-bond acceptors (Lipinski definition) is 2. The van der Waals surface area contributed by atoms with E-state index in [0.717, 1.165) is 22.3 Å². The van der Waals surface area contributed by atoms with Gasteiger partial charge in [0.25, 0.3) is 0 Å².